The van der Waals surface area contributed by atoms with Crippen LogP contribution in [0.4, 0.5) is 0 Å². The van der Waals surface area contributed by atoms with Gasteiger partial charge in [0, 0.05) is 60.4 Å². The molecule has 1 N–H and O–H groups in total. The highest BCUT2D eigenvalue weighted by Gasteiger charge is 2.65. The molecule has 4 nitrogen and oxygen atoms in total. The standard InChI is InChI=1S/C38H64N2O2S/c1-34(2,20-25-41)16-11-28-12-17-37(6)32(35(28,3)4)14-18-36(5)30-13-19-38(39-21-22-40-23-26-43(42)27-24-40)15-7-8-31(38)29(30)9-10-33(36)37/h12,25,29-33,39H,7-11,13-24,26-27H2,1-6H3/t29?,30?,31-,32?,33?,36?,37?,38?/m1/s1. The molecule has 0 aromatic rings. The average Bonchev–Trinajstić information content (AvgIpc) is 3.38. The van der Waals surface area contributed by atoms with Gasteiger partial charge >= 0.3 is 0 Å². The summed E-state index contributed by atoms with van der Waals surface area (Å²) in [5.41, 5.74) is 3.31. The molecule has 5 heteroatoms. The Labute approximate surface area is 266 Å². The van der Waals surface area contributed by atoms with Gasteiger partial charge in [0.25, 0.3) is 0 Å². The lowest BCUT2D eigenvalue weighted by molar-refractivity contribution is -0.176. The summed E-state index contributed by atoms with van der Waals surface area (Å²) in [5.74, 6) is 6.02. The number of allylic oxidation sites excluding steroid dienone is 2. The lowest BCUT2D eigenvalue weighted by atomic mass is 9.37. The molecule has 0 radical (unpaired) electrons. The fourth-order valence-corrected chi connectivity index (χ4v) is 13.9. The maximum atomic E-state index is 11.8. The SMILES string of the molecule is CC(C)(CC=O)CCC1=CCC2(C)C(CCC3(C)C4CCC5(NCCN6CCS(=O)CC6)CCC[C@@H]5C4CCC32)C1(C)C. The predicted octanol–water partition coefficient (Wildman–Crippen LogP) is 7.79. The van der Waals surface area contributed by atoms with Crippen LogP contribution in [0, 0.1) is 51.2 Å². The summed E-state index contributed by atoms with van der Waals surface area (Å²) in [5, 5.41) is 4.23. The summed E-state index contributed by atoms with van der Waals surface area (Å²) < 4.78 is 11.8. The van der Waals surface area contributed by atoms with E-state index in [9.17, 15) is 9.00 Å². The number of hydrogen-bond donors (Lipinski definition) is 1. The topological polar surface area (TPSA) is 49.4 Å². The van der Waals surface area contributed by atoms with Crippen LogP contribution in [0.1, 0.15) is 125 Å². The van der Waals surface area contributed by atoms with Gasteiger partial charge in [-0.15, -0.1) is 0 Å². The van der Waals surface area contributed by atoms with E-state index in [1.165, 1.54) is 64.2 Å². The minimum absolute atomic E-state index is 0.101. The van der Waals surface area contributed by atoms with E-state index in [2.05, 4.69) is 57.8 Å². The van der Waals surface area contributed by atoms with Crippen molar-refractivity contribution in [1.29, 1.82) is 0 Å². The number of carbonyl (C=O) groups excluding carboxylic acids is 1. The third-order valence-electron chi connectivity index (χ3n) is 15.1. The maximum Gasteiger partial charge on any atom is 0.120 e. The molecule has 4 saturated carbocycles. The van der Waals surface area contributed by atoms with E-state index in [-0.39, 0.29) is 10.8 Å². The second-order valence-corrected chi connectivity index (χ2v) is 19.7. The van der Waals surface area contributed by atoms with Gasteiger partial charge in [0.2, 0.25) is 0 Å². The first kappa shape index (κ1) is 32.4. The van der Waals surface area contributed by atoms with Gasteiger partial charge in [-0.05, 0) is 122 Å². The fraction of sp³-hybridized carbons (Fsp3) is 0.921. The molecule has 5 aliphatic carbocycles. The summed E-state index contributed by atoms with van der Waals surface area (Å²) in [6, 6.07) is 0. The normalized spacial score (nSPS) is 43.2. The van der Waals surface area contributed by atoms with Crippen molar-refractivity contribution >= 4 is 17.1 Å². The minimum atomic E-state index is -0.582. The number of fused-ring (bicyclic) bond motifs is 7. The summed E-state index contributed by atoms with van der Waals surface area (Å²) >= 11 is 0. The summed E-state index contributed by atoms with van der Waals surface area (Å²) in [6.45, 7) is 19.4. The Bertz CT molecular complexity index is 1090. The van der Waals surface area contributed by atoms with Crippen molar-refractivity contribution in [2.45, 2.75) is 131 Å². The Kier molecular flexibility index (Phi) is 9.00. The lowest BCUT2D eigenvalue weighted by Gasteiger charge is -2.68. The van der Waals surface area contributed by atoms with Crippen LogP contribution in [-0.4, -0.2) is 58.6 Å². The number of hydrogen-bond acceptors (Lipinski definition) is 4. The van der Waals surface area contributed by atoms with Crippen molar-refractivity contribution < 1.29 is 9.00 Å². The Hall–Kier alpha value is -0.520. The van der Waals surface area contributed by atoms with E-state index in [1.807, 2.05) is 0 Å². The quantitative estimate of drug-likeness (QED) is 0.213. The molecule has 1 aliphatic heterocycles. The van der Waals surface area contributed by atoms with Crippen molar-refractivity contribution in [2.75, 3.05) is 37.7 Å². The van der Waals surface area contributed by atoms with Crippen LogP contribution in [0.25, 0.3) is 0 Å². The molecule has 5 fully saturated rings. The zero-order valence-corrected chi connectivity index (χ0v) is 29.5. The molecule has 0 spiro atoms. The first-order valence-electron chi connectivity index (χ1n) is 18.3. The van der Waals surface area contributed by atoms with E-state index in [1.54, 1.807) is 5.57 Å². The van der Waals surface area contributed by atoms with Crippen LogP contribution in [-0.2, 0) is 15.6 Å². The number of carbonyl (C=O) groups is 1. The molecule has 0 aromatic heterocycles. The van der Waals surface area contributed by atoms with Gasteiger partial charge < -0.3 is 15.0 Å². The molecule has 244 valence electrons. The zero-order valence-electron chi connectivity index (χ0n) is 28.6. The van der Waals surface area contributed by atoms with Crippen molar-refractivity contribution in [1.82, 2.24) is 10.2 Å². The molecular formula is C38H64N2O2S. The van der Waals surface area contributed by atoms with Gasteiger partial charge in [0.05, 0.1) is 0 Å². The number of nitrogens with one attached hydrogen (secondary N) is 1. The Morgan fingerprint density at radius 2 is 1.72 bits per heavy atom. The molecule has 0 amide bonds. The van der Waals surface area contributed by atoms with Crippen molar-refractivity contribution in [3.63, 3.8) is 0 Å². The summed E-state index contributed by atoms with van der Waals surface area (Å²) in [6.07, 6.45) is 20.8. The molecule has 1 saturated heterocycles. The second kappa shape index (κ2) is 11.9. The van der Waals surface area contributed by atoms with Crippen molar-refractivity contribution in [3.8, 4) is 0 Å². The molecule has 8 atom stereocenters. The zero-order chi connectivity index (χ0) is 30.7. The lowest BCUT2D eigenvalue weighted by Crippen LogP contribution is -2.64. The number of nitrogens with zero attached hydrogens (tertiary/aromatic N) is 1. The van der Waals surface area contributed by atoms with E-state index < -0.39 is 10.8 Å². The molecule has 6 aliphatic rings. The fourth-order valence-electron chi connectivity index (χ4n) is 12.8. The second-order valence-electron chi connectivity index (χ2n) is 18.0. The van der Waals surface area contributed by atoms with Crippen LogP contribution in [0.5, 0.6) is 0 Å². The van der Waals surface area contributed by atoms with Crippen molar-refractivity contribution in [2.24, 2.45) is 51.2 Å². The first-order chi connectivity index (χ1) is 20.3. The largest absolute Gasteiger partial charge is 0.310 e. The Balaban J connectivity index is 1.15. The number of rotatable bonds is 9. The van der Waals surface area contributed by atoms with Crippen LogP contribution in [0.2, 0.25) is 0 Å². The monoisotopic (exact) mass is 612 g/mol. The van der Waals surface area contributed by atoms with Crippen LogP contribution >= 0.6 is 0 Å². The Morgan fingerprint density at radius 1 is 0.953 bits per heavy atom. The van der Waals surface area contributed by atoms with Gasteiger partial charge in [-0.2, -0.15) is 0 Å². The van der Waals surface area contributed by atoms with E-state index in [0.29, 0.717) is 22.8 Å². The van der Waals surface area contributed by atoms with Gasteiger partial charge in [-0.3, -0.25) is 4.21 Å². The number of aldehydes is 1. The molecule has 6 rings (SSSR count). The Morgan fingerprint density at radius 3 is 2.47 bits per heavy atom. The van der Waals surface area contributed by atoms with Gasteiger partial charge in [-0.1, -0.05) is 59.6 Å². The minimum Gasteiger partial charge on any atom is -0.310 e. The van der Waals surface area contributed by atoms with Crippen LogP contribution in [0.3, 0.4) is 0 Å². The average molecular weight is 613 g/mol. The van der Waals surface area contributed by atoms with Gasteiger partial charge in [-0.25, -0.2) is 0 Å². The molecule has 0 aromatic carbocycles. The highest BCUT2D eigenvalue weighted by Crippen LogP contribution is 2.72. The highest BCUT2D eigenvalue weighted by molar-refractivity contribution is 7.85. The smallest absolute Gasteiger partial charge is 0.120 e. The predicted molar refractivity (Wildman–Crippen MR) is 180 cm³/mol. The van der Waals surface area contributed by atoms with E-state index >= 15 is 0 Å². The van der Waals surface area contributed by atoms with Crippen LogP contribution in [0.15, 0.2) is 11.6 Å². The molecular weight excluding hydrogens is 548 g/mol. The molecule has 0 bridgehead atoms. The van der Waals surface area contributed by atoms with Crippen molar-refractivity contribution in [3.05, 3.63) is 11.6 Å². The molecule has 7 unspecified atom stereocenters. The third-order valence-corrected chi connectivity index (χ3v) is 16.4. The molecule has 43 heavy (non-hydrogen) atoms. The maximum absolute atomic E-state index is 11.8. The first-order valence-corrected chi connectivity index (χ1v) is 19.8. The summed E-state index contributed by atoms with van der Waals surface area (Å²) in [7, 11) is -0.582. The van der Waals surface area contributed by atoms with E-state index in [4.69, 9.17) is 0 Å². The van der Waals surface area contributed by atoms with Crippen LogP contribution < -0.4 is 5.32 Å². The third kappa shape index (κ3) is 5.70. The summed E-state index contributed by atoms with van der Waals surface area (Å²) in [4.78, 5) is 13.8. The highest BCUT2D eigenvalue weighted by atomic mass is 32.2. The molecule has 1 heterocycles. The van der Waals surface area contributed by atoms with Gasteiger partial charge in [0.15, 0.2) is 0 Å². The van der Waals surface area contributed by atoms with E-state index in [0.717, 1.165) is 86.4 Å². The van der Waals surface area contributed by atoms with Gasteiger partial charge in [0.1, 0.15) is 6.29 Å².